The van der Waals surface area contributed by atoms with Crippen LogP contribution >= 0.6 is 0 Å². The fourth-order valence-corrected chi connectivity index (χ4v) is 2.46. The summed E-state index contributed by atoms with van der Waals surface area (Å²) in [4.78, 5) is 4.53. The standard InChI is InChI=1S/2C8H19NO.Zr/c2*1-7(2)9(5-6-10)8(3)4;/h2*7-8,10H,5-6H2,1-4H3;. The number of hydrogen-bond acceptors (Lipinski definition) is 4. The Morgan fingerprint density at radius 2 is 0.762 bits per heavy atom. The van der Waals surface area contributed by atoms with Crippen molar-refractivity contribution in [3.8, 4) is 0 Å². The molecule has 0 saturated heterocycles. The zero-order valence-electron chi connectivity index (χ0n) is 15.4. The van der Waals surface area contributed by atoms with Crippen molar-refractivity contribution in [3.63, 3.8) is 0 Å². The fourth-order valence-electron chi connectivity index (χ4n) is 2.46. The summed E-state index contributed by atoms with van der Waals surface area (Å²) in [5, 5.41) is 17.4. The monoisotopic (exact) mass is 380 g/mol. The summed E-state index contributed by atoms with van der Waals surface area (Å²) in [6.45, 7) is 19.3. The third-order valence-electron chi connectivity index (χ3n) is 3.37. The Morgan fingerprint density at radius 1 is 0.571 bits per heavy atom. The van der Waals surface area contributed by atoms with Crippen LogP contribution in [0.1, 0.15) is 55.4 Å². The summed E-state index contributed by atoms with van der Waals surface area (Å²) in [6.07, 6.45) is 0. The molecule has 0 unspecified atom stereocenters. The molecule has 0 fully saturated rings. The maximum atomic E-state index is 8.69. The van der Waals surface area contributed by atoms with Crippen LogP contribution in [0.4, 0.5) is 0 Å². The molecule has 0 heterocycles. The van der Waals surface area contributed by atoms with E-state index in [0.29, 0.717) is 24.2 Å². The van der Waals surface area contributed by atoms with Gasteiger partial charge in [0.25, 0.3) is 0 Å². The molecule has 21 heavy (non-hydrogen) atoms. The van der Waals surface area contributed by atoms with Gasteiger partial charge in [-0.25, -0.2) is 0 Å². The van der Waals surface area contributed by atoms with E-state index in [9.17, 15) is 0 Å². The average Bonchev–Trinajstić information content (AvgIpc) is 2.32. The minimum absolute atomic E-state index is 0. The van der Waals surface area contributed by atoms with E-state index >= 15 is 0 Å². The van der Waals surface area contributed by atoms with Crippen LogP contribution in [0.2, 0.25) is 0 Å². The minimum atomic E-state index is 0. The molecule has 0 aromatic heterocycles. The topological polar surface area (TPSA) is 46.9 Å². The predicted octanol–water partition coefficient (Wildman–Crippen LogP) is 2.19. The number of aliphatic hydroxyl groups excluding tert-OH is 2. The maximum Gasteiger partial charge on any atom is 0.0558 e. The Hall–Kier alpha value is 0.723. The van der Waals surface area contributed by atoms with Crippen molar-refractivity contribution in [2.45, 2.75) is 79.6 Å². The molecule has 5 heteroatoms. The van der Waals surface area contributed by atoms with Gasteiger partial charge in [0.2, 0.25) is 0 Å². The van der Waals surface area contributed by atoms with E-state index < -0.39 is 0 Å². The SMILES string of the molecule is CC(C)N(CCO)C(C)C.CC(C)N(CCO)C(C)C.[Zr]. The van der Waals surface area contributed by atoms with Crippen LogP contribution in [0.15, 0.2) is 0 Å². The maximum absolute atomic E-state index is 8.69. The van der Waals surface area contributed by atoms with Gasteiger partial charge in [0.1, 0.15) is 0 Å². The van der Waals surface area contributed by atoms with E-state index in [1.165, 1.54) is 0 Å². The quantitative estimate of drug-likeness (QED) is 0.677. The van der Waals surface area contributed by atoms with Gasteiger partial charge in [-0.15, -0.1) is 0 Å². The zero-order valence-corrected chi connectivity index (χ0v) is 17.9. The number of nitrogens with zero attached hydrogens (tertiary/aromatic N) is 2. The van der Waals surface area contributed by atoms with Crippen molar-refractivity contribution >= 4 is 0 Å². The molecule has 2 N–H and O–H groups in total. The van der Waals surface area contributed by atoms with E-state index in [4.69, 9.17) is 10.2 Å². The van der Waals surface area contributed by atoms with Crippen molar-refractivity contribution < 1.29 is 36.4 Å². The molecule has 4 nitrogen and oxygen atoms in total. The Balaban J connectivity index is -0.000000295. The summed E-state index contributed by atoms with van der Waals surface area (Å²) in [5.74, 6) is 0. The van der Waals surface area contributed by atoms with Crippen LogP contribution in [0.25, 0.3) is 0 Å². The first-order valence-electron chi connectivity index (χ1n) is 7.92. The van der Waals surface area contributed by atoms with Gasteiger partial charge in [-0.1, -0.05) is 0 Å². The van der Waals surface area contributed by atoms with Gasteiger partial charge in [-0.3, -0.25) is 9.80 Å². The molecule has 0 rings (SSSR count). The van der Waals surface area contributed by atoms with Crippen molar-refractivity contribution in [3.05, 3.63) is 0 Å². The molecule has 128 valence electrons. The van der Waals surface area contributed by atoms with Crippen LogP contribution in [-0.2, 0) is 26.2 Å². The van der Waals surface area contributed by atoms with Crippen molar-refractivity contribution in [1.82, 2.24) is 9.80 Å². The Kier molecular flexibility index (Phi) is 19.8. The molecule has 0 radical (unpaired) electrons. The van der Waals surface area contributed by atoms with Crippen LogP contribution in [0, 0.1) is 0 Å². The number of aliphatic hydroxyl groups is 2. The molecular formula is C16H38N2O2Zr. The van der Waals surface area contributed by atoms with Gasteiger partial charge >= 0.3 is 0 Å². The zero-order chi connectivity index (χ0) is 16.3. The molecule has 0 aliphatic carbocycles. The first-order valence-corrected chi connectivity index (χ1v) is 7.92. The normalized spacial score (nSPS) is 11.4. The number of hydrogen-bond donors (Lipinski definition) is 2. The largest absolute Gasteiger partial charge is 0.395 e. The van der Waals surface area contributed by atoms with Gasteiger partial charge in [0, 0.05) is 63.5 Å². The molecule has 0 saturated carbocycles. The van der Waals surface area contributed by atoms with Crippen LogP contribution in [-0.4, -0.2) is 70.5 Å². The Morgan fingerprint density at radius 3 is 0.810 bits per heavy atom. The summed E-state index contributed by atoms with van der Waals surface area (Å²) in [6, 6.07) is 2.14. The minimum Gasteiger partial charge on any atom is -0.395 e. The second-order valence-corrected chi connectivity index (χ2v) is 6.30. The smallest absolute Gasteiger partial charge is 0.0558 e. The third kappa shape index (κ3) is 14.1. The molecule has 0 amide bonds. The first-order chi connectivity index (χ1) is 9.18. The molecule has 0 spiro atoms. The first kappa shape index (κ1) is 26.6. The van der Waals surface area contributed by atoms with E-state index in [0.717, 1.165) is 13.1 Å². The van der Waals surface area contributed by atoms with Gasteiger partial charge in [-0.2, -0.15) is 0 Å². The van der Waals surface area contributed by atoms with Gasteiger partial charge in [-0.05, 0) is 55.4 Å². The third-order valence-corrected chi connectivity index (χ3v) is 3.37. The molecule has 0 aromatic rings. The molecule has 0 atom stereocenters. The van der Waals surface area contributed by atoms with Crippen molar-refractivity contribution in [1.29, 1.82) is 0 Å². The second-order valence-electron chi connectivity index (χ2n) is 6.30. The molecular weight excluding hydrogens is 343 g/mol. The van der Waals surface area contributed by atoms with Gasteiger partial charge in [0.15, 0.2) is 0 Å². The number of rotatable bonds is 8. The Labute approximate surface area is 152 Å². The molecule has 0 aromatic carbocycles. The molecule has 0 aliphatic heterocycles. The van der Waals surface area contributed by atoms with Crippen LogP contribution in [0.3, 0.4) is 0 Å². The van der Waals surface area contributed by atoms with Crippen LogP contribution < -0.4 is 0 Å². The average molecular weight is 382 g/mol. The predicted molar refractivity (Wildman–Crippen MR) is 88.1 cm³/mol. The Bertz CT molecular complexity index is 174. The van der Waals surface area contributed by atoms with Crippen LogP contribution in [0.5, 0.6) is 0 Å². The summed E-state index contributed by atoms with van der Waals surface area (Å²) < 4.78 is 0. The summed E-state index contributed by atoms with van der Waals surface area (Å²) >= 11 is 0. The van der Waals surface area contributed by atoms with E-state index in [-0.39, 0.29) is 39.4 Å². The van der Waals surface area contributed by atoms with E-state index in [1.807, 2.05) is 0 Å². The van der Waals surface area contributed by atoms with E-state index in [2.05, 4.69) is 65.2 Å². The second kappa shape index (κ2) is 15.6. The van der Waals surface area contributed by atoms with E-state index in [1.54, 1.807) is 0 Å². The molecule has 0 aliphatic rings. The van der Waals surface area contributed by atoms with Crippen molar-refractivity contribution in [2.75, 3.05) is 26.3 Å². The molecule has 0 bridgehead atoms. The summed E-state index contributed by atoms with van der Waals surface area (Å²) in [5.41, 5.74) is 0. The van der Waals surface area contributed by atoms with Gasteiger partial charge < -0.3 is 10.2 Å². The fraction of sp³-hybridized carbons (Fsp3) is 1.00. The van der Waals surface area contributed by atoms with Crippen molar-refractivity contribution in [2.24, 2.45) is 0 Å². The summed E-state index contributed by atoms with van der Waals surface area (Å²) in [7, 11) is 0. The van der Waals surface area contributed by atoms with Gasteiger partial charge in [0.05, 0.1) is 13.2 Å².